The topological polar surface area (TPSA) is 259 Å². The molecule has 2 aliphatic heterocycles. The lowest BCUT2D eigenvalue weighted by molar-refractivity contribution is -0.152. The SMILES string of the molecule is CC[C@H](C)[C@@H]1NC(=O)[C@H](CC(C)C)N(C)C(=O)C[C@@H](C)NC(=O)[C@H](C2CCCC2)N(C)C(=O)C2(CCC2)NC(=O)[C@@H]2CCCN2C(=O)[C@H](CCc2ccc(C(F)(F)F)c(Cl)c2)NC(=O)CN(C)C(=O)[C@H](Cc2ccc(C)cc2)N(C)C(=O)CN(C)C(=O)CN(C)C1=O. The number of amides is 11. The number of fused-ring (bicyclic) bond motifs is 1. The zero-order chi connectivity index (χ0) is 68.3. The lowest BCUT2D eigenvalue weighted by Crippen LogP contribution is -2.68. The fourth-order valence-corrected chi connectivity index (χ4v) is 13.1. The minimum absolute atomic E-state index is 0.0408. The van der Waals surface area contributed by atoms with E-state index in [4.69, 9.17) is 11.6 Å². The Labute approximate surface area is 543 Å². The van der Waals surface area contributed by atoms with Gasteiger partial charge in [-0.3, -0.25) is 52.7 Å². The lowest BCUT2D eigenvalue weighted by atomic mass is 9.74. The second-order valence-electron chi connectivity index (χ2n) is 26.5. The number of carbonyl (C=O) groups excluding carboxylic acids is 11. The number of nitrogens with zero attached hydrogens (tertiary/aromatic N) is 7. The van der Waals surface area contributed by atoms with Gasteiger partial charge in [0.25, 0.3) is 0 Å². The molecule has 92 heavy (non-hydrogen) atoms. The molecule has 11 amide bonds. The number of aryl methyl sites for hydroxylation is 2. The number of nitrogens with one attached hydrogen (secondary N) is 4. The van der Waals surface area contributed by atoms with Gasteiger partial charge >= 0.3 is 6.18 Å². The van der Waals surface area contributed by atoms with Gasteiger partial charge in [-0.25, -0.2) is 0 Å². The zero-order valence-corrected chi connectivity index (χ0v) is 56.1. The van der Waals surface area contributed by atoms with Crippen LogP contribution in [-0.4, -0.2) is 216 Å². The Morgan fingerprint density at radius 3 is 1.85 bits per heavy atom. The zero-order valence-electron chi connectivity index (χ0n) is 55.4. The van der Waals surface area contributed by atoms with Gasteiger partial charge in [-0.05, 0) is 119 Å². The standard InChI is InChI=1S/C66H95ClF3N11O11/c1-13-41(5)56-63(91)77(9)37-54(84)75(7)38-55(85)79(11)51(35-44-23-21-40(4)22-24-44)62(90)76(8)36-52(82)72-48(28-26-43-25-27-46(47(67)34-43)66(68,69)70)61(89)81-31-16-20-49(81)59(87)74-65(29-17-30-65)64(92)80(12)57(45-18-14-15-19-45)60(88)71-42(6)33-53(83)78(10)50(32-39(2)3)58(86)73-56/h21-25,27,34,39,41-42,45,48-51,56-57H,13-20,26,28-33,35-38H2,1-12H3,(H,71,88)(H,72,82)(H,73,86)(H,74,87)/t41-,42+,48-,49-,50-,51-,56-,57-/m0/s1. The number of alkyl halides is 3. The Hall–Kier alpha value is -7.31. The minimum Gasteiger partial charge on any atom is -0.351 e. The van der Waals surface area contributed by atoms with Crippen LogP contribution in [0.2, 0.25) is 5.02 Å². The number of hydrogen-bond donors (Lipinski definition) is 4. The quantitative estimate of drug-likeness (QED) is 0.249. The average molecular weight is 1310 g/mol. The summed E-state index contributed by atoms with van der Waals surface area (Å²) in [5.74, 6) is -7.79. The molecule has 6 rings (SSSR count). The van der Waals surface area contributed by atoms with E-state index in [0.717, 1.165) is 50.1 Å². The van der Waals surface area contributed by atoms with Crippen LogP contribution in [0.4, 0.5) is 13.2 Å². The van der Waals surface area contributed by atoms with Crippen molar-refractivity contribution in [2.75, 3.05) is 68.5 Å². The van der Waals surface area contributed by atoms with Crippen molar-refractivity contribution < 1.29 is 65.9 Å². The molecule has 8 atom stereocenters. The molecule has 4 N–H and O–H groups in total. The maximum Gasteiger partial charge on any atom is 0.417 e. The molecule has 2 heterocycles. The highest BCUT2D eigenvalue weighted by atomic mass is 35.5. The monoisotopic (exact) mass is 1310 g/mol. The number of carbonyl (C=O) groups is 11. The van der Waals surface area contributed by atoms with Crippen LogP contribution in [0.5, 0.6) is 0 Å². The van der Waals surface area contributed by atoms with E-state index in [1.807, 2.05) is 39.8 Å². The molecule has 2 saturated carbocycles. The number of hydrogen-bond acceptors (Lipinski definition) is 11. The maximum absolute atomic E-state index is 15.0. The van der Waals surface area contributed by atoms with E-state index in [-0.39, 0.29) is 69.7 Å². The molecule has 0 aromatic heterocycles. The van der Waals surface area contributed by atoms with E-state index in [1.54, 1.807) is 26.0 Å². The molecule has 0 radical (unpaired) electrons. The summed E-state index contributed by atoms with van der Waals surface area (Å²) < 4.78 is 41.3. The minimum atomic E-state index is -4.75. The molecular weight excluding hydrogens is 1220 g/mol. The molecule has 508 valence electrons. The predicted octanol–water partition coefficient (Wildman–Crippen LogP) is 4.89. The maximum atomic E-state index is 15.0. The van der Waals surface area contributed by atoms with Crippen LogP contribution in [0.1, 0.15) is 140 Å². The van der Waals surface area contributed by atoms with E-state index in [1.165, 1.54) is 63.1 Å². The van der Waals surface area contributed by atoms with E-state index < -0.39 is 155 Å². The Morgan fingerprint density at radius 2 is 1.26 bits per heavy atom. The van der Waals surface area contributed by atoms with Crippen molar-refractivity contribution in [1.29, 1.82) is 0 Å². The second kappa shape index (κ2) is 32.0. The van der Waals surface area contributed by atoms with Gasteiger partial charge in [0.1, 0.15) is 41.8 Å². The molecule has 0 unspecified atom stereocenters. The Kier molecular flexibility index (Phi) is 25.7. The molecule has 2 aromatic carbocycles. The molecule has 2 saturated heterocycles. The third-order valence-electron chi connectivity index (χ3n) is 18.9. The molecule has 26 heteroatoms. The summed E-state index contributed by atoms with van der Waals surface area (Å²) in [5, 5.41) is 11.0. The Bertz CT molecular complexity index is 3030. The highest BCUT2D eigenvalue weighted by Gasteiger charge is 2.52. The van der Waals surface area contributed by atoms with Gasteiger partial charge in [0, 0.05) is 67.7 Å². The van der Waals surface area contributed by atoms with E-state index in [0.29, 0.717) is 43.2 Å². The number of rotatable bonds is 10. The average Bonchev–Trinajstić information content (AvgIpc) is 1.04. The molecule has 2 aliphatic carbocycles. The number of benzene rings is 2. The van der Waals surface area contributed by atoms with E-state index >= 15 is 4.79 Å². The first-order chi connectivity index (χ1) is 43.2. The van der Waals surface area contributed by atoms with Crippen LogP contribution in [0.15, 0.2) is 42.5 Å². The normalized spacial score (nSPS) is 25.6. The van der Waals surface area contributed by atoms with Gasteiger partial charge in [0.2, 0.25) is 65.0 Å². The summed E-state index contributed by atoms with van der Waals surface area (Å²) in [5.41, 5.74) is -0.665. The first-order valence-corrected chi connectivity index (χ1v) is 32.5. The van der Waals surface area contributed by atoms with Crippen molar-refractivity contribution >= 4 is 76.6 Å². The van der Waals surface area contributed by atoms with Crippen LogP contribution < -0.4 is 21.3 Å². The van der Waals surface area contributed by atoms with Crippen molar-refractivity contribution in [2.45, 2.75) is 192 Å². The largest absolute Gasteiger partial charge is 0.417 e. The van der Waals surface area contributed by atoms with Gasteiger partial charge in [-0.15, -0.1) is 0 Å². The summed E-state index contributed by atoms with van der Waals surface area (Å²) in [6, 6.07) is 2.51. The molecule has 0 bridgehead atoms. The fraction of sp³-hybridized carbons (Fsp3) is 0.652. The van der Waals surface area contributed by atoms with Crippen molar-refractivity contribution in [1.82, 2.24) is 55.6 Å². The van der Waals surface area contributed by atoms with Gasteiger partial charge in [-0.1, -0.05) is 94.5 Å². The van der Waals surface area contributed by atoms with Crippen molar-refractivity contribution in [3.05, 3.63) is 69.7 Å². The van der Waals surface area contributed by atoms with E-state index in [2.05, 4.69) is 21.3 Å². The molecule has 2 aromatic rings. The fourth-order valence-electron chi connectivity index (χ4n) is 12.8. The molecule has 22 nitrogen and oxygen atoms in total. The van der Waals surface area contributed by atoms with Crippen molar-refractivity contribution in [3.63, 3.8) is 0 Å². The van der Waals surface area contributed by atoms with Crippen LogP contribution in [0.25, 0.3) is 0 Å². The first-order valence-electron chi connectivity index (χ1n) is 32.1. The Morgan fingerprint density at radius 1 is 0.652 bits per heavy atom. The number of halogens is 4. The van der Waals surface area contributed by atoms with Crippen molar-refractivity contribution in [3.8, 4) is 0 Å². The summed E-state index contributed by atoms with van der Waals surface area (Å²) >= 11 is 6.11. The van der Waals surface area contributed by atoms with Crippen LogP contribution >= 0.6 is 11.6 Å². The van der Waals surface area contributed by atoms with E-state index in [9.17, 15) is 61.1 Å². The summed E-state index contributed by atoms with van der Waals surface area (Å²) in [6.45, 7) is 9.22. The molecule has 4 aliphatic rings. The highest BCUT2D eigenvalue weighted by Crippen LogP contribution is 2.38. The molecule has 1 spiro atoms. The molecular formula is C66H95ClF3N11O11. The van der Waals surface area contributed by atoms with Crippen LogP contribution in [-0.2, 0) is 71.8 Å². The molecule has 4 fully saturated rings. The summed E-state index contributed by atoms with van der Waals surface area (Å²) in [6.07, 6.45) is -0.297. The van der Waals surface area contributed by atoms with Gasteiger partial charge in [0.15, 0.2) is 0 Å². The third-order valence-corrected chi connectivity index (χ3v) is 19.2. The van der Waals surface area contributed by atoms with Crippen LogP contribution in [0.3, 0.4) is 0 Å². The van der Waals surface area contributed by atoms with Gasteiger partial charge in [-0.2, -0.15) is 13.2 Å². The van der Waals surface area contributed by atoms with Gasteiger partial charge < -0.3 is 55.6 Å². The number of likely N-dealkylation sites (N-methyl/N-ethyl adjacent to an activating group) is 6. The predicted molar refractivity (Wildman–Crippen MR) is 339 cm³/mol. The van der Waals surface area contributed by atoms with Gasteiger partial charge in [0.05, 0.1) is 30.2 Å². The lowest BCUT2D eigenvalue weighted by Gasteiger charge is -2.46. The van der Waals surface area contributed by atoms with Crippen LogP contribution in [0, 0.1) is 24.7 Å². The third kappa shape index (κ3) is 18.5. The second-order valence-corrected chi connectivity index (χ2v) is 26.9. The summed E-state index contributed by atoms with van der Waals surface area (Å²) in [7, 11) is 8.46. The smallest absolute Gasteiger partial charge is 0.351 e. The Balaban J connectivity index is 1.37. The van der Waals surface area contributed by atoms with Crippen molar-refractivity contribution in [2.24, 2.45) is 17.8 Å². The summed E-state index contributed by atoms with van der Waals surface area (Å²) in [4.78, 5) is 168. The first kappa shape index (κ1) is 73.7. The highest BCUT2D eigenvalue weighted by molar-refractivity contribution is 6.31.